The van der Waals surface area contributed by atoms with E-state index >= 15 is 0 Å². The lowest BCUT2D eigenvalue weighted by atomic mass is 9.98. The van der Waals surface area contributed by atoms with Crippen molar-refractivity contribution in [3.8, 4) is 33.5 Å². The summed E-state index contributed by atoms with van der Waals surface area (Å²) in [6.45, 7) is 14.6. The van der Waals surface area contributed by atoms with Gasteiger partial charge in [-0.2, -0.15) is 0 Å². The van der Waals surface area contributed by atoms with E-state index in [9.17, 15) is 14.4 Å². The van der Waals surface area contributed by atoms with E-state index < -0.39 is 17.3 Å². The molecule has 0 radical (unpaired) electrons. The molecule has 1 aliphatic heterocycles. The number of hydrogen-bond acceptors (Lipinski definition) is 7. The number of carbonyl (C=O) groups excluding carboxylic acids is 2. The van der Waals surface area contributed by atoms with Gasteiger partial charge in [-0.25, -0.2) is 19.6 Å². The Kier molecular flexibility index (Phi) is 11.5. The molecule has 1 aliphatic rings. The van der Waals surface area contributed by atoms with E-state index in [-0.39, 0.29) is 23.6 Å². The zero-order chi connectivity index (χ0) is 39.5. The van der Waals surface area contributed by atoms with Crippen LogP contribution in [0, 0.1) is 0 Å². The van der Waals surface area contributed by atoms with Gasteiger partial charge in [0, 0.05) is 26.1 Å². The molecule has 3 heterocycles. The number of benzene rings is 3. The molecule has 2 atom stereocenters. The van der Waals surface area contributed by atoms with E-state index in [4.69, 9.17) is 14.5 Å². The SMILES string of the molecule is CC(CCCCN(C)C(=O)OC(C)(C)C)c1ncc(-c2ccc(-c3ccc(-c4ccc5c(=O)[nH]c(C6CCCN6C(=O)OC(C)(C)C)nc5c4)cc3)cc2)[nH]1. The topological polar surface area (TPSA) is 134 Å². The van der Waals surface area contributed by atoms with Crippen LogP contribution in [0.25, 0.3) is 44.4 Å². The average molecular weight is 747 g/mol. The van der Waals surface area contributed by atoms with E-state index in [2.05, 4.69) is 70.4 Å². The van der Waals surface area contributed by atoms with Gasteiger partial charge in [0.1, 0.15) is 22.9 Å². The number of aromatic nitrogens is 4. The third-order valence-electron chi connectivity index (χ3n) is 9.82. The number of ether oxygens (including phenoxy) is 2. The minimum atomic E-state index is -0.612. The summed E-state index contributed by atoms with van der Waals surface area (Å²) in [4.78, 5) is 57.5. The summed E-state index contributed by atoms with van der Waals surface area (Å²) in [5, 5.41) is 0.505. The molecule has 1 saturated heterocycles. The number of hydrogen-bond donors (Lipinski definition) is 2. The fraction of sp³-hybridized carbons (Fsp3) is 0.432. The number of likely N-dealkylation sites (tertiary alicyclic amines) is 1. The Balaban J connectivity index is 1.08. The molecule has 1 fully saturated rings. The first-order chi connectivity index (χ1) is 26.0. The van der Waals surface area contributed by atoms with Crippen molar-refractivity contribution in [2.75, 3.05) is 20.1 Å². The molecule has 2 amide bonds. The van der Waals surface area contributed by atoms with Crippen LogP contribution in [0.4, 0.5) is 9.59 Å². The van der Waals surface area contributed by atoms with Crippen molar-refractivity contribution in [1.82, 2.24) is 29.7 Å². The van der Waals surface area contributed by atoms with Crippen LogP contribution < -0.4 is 5.56 Å². The van der Waals surface area contributed by atoms with Crippen LogP contribution in [0.15, 0.2) is 77.7 Å². The summed E-state index contributed by atoms with van der Waals surface area (Å²) in [6, 6.07) is 22.2. The van der Waals surface area contributed by atoms with E-state index in [0.717, 1.165) is 65.0 Å². The molecule has 11 nitrogen and oxygen atoms in total. The molecule has 2 N–H and O–H groups in total. The number of aromatic amines is 2. The van der Waals surface area contributed by atoms with Crippen molar-refractivity contribution in [3.05, 3.63) is 94.9 Å². The molecule has 55 heavy (non-hydrogen) atoms. The second-order valence-electron chi connectivity index (χ2n) is 16.7. The first-order valence-electron chi connectivity index (χ1n) is 19.3. The number of fused-ring (bicyclic) bond motifs is 1. The number of unbranched alkanes of at least 4 members (excludes halogenated alkanes) is 1. The second kappa shape index (κ2) is 16.1. The zero-order valence-corrected chi connectivity index (χ0v) is 33.4. The van der Waals surface area contributed by atoms with E-state index in [1.165, 1.54) is 0 Å². The highest BCUT2D eigenvalue weighted by atomic mass is 16.6. The van der Waals surface area contributed by atoms with Crippen molar-refractivity contribution in [3.63, 3.8) is 0 Å². The van der Waals surface area contributed by atoms with Crippen LogP contribution in [-0.4, -0.2) is 73.3 Å². The highest BCUT2D eigenvalue weighted by molar-refractivity contribution is 5.84. The minimum Gasteiger partial charge on any atom is -0.444 e. The van der Waals surface area contributed by atoms with Gasteiger partial charge in [-0.05, 0) is 107 Å². The first kappa shape index (κ1) is 39.2. The van der Waals surface area contributed by atoms with Gasteiger partial charge in [0.2, 0.25) is 0 Å². The van der Waals surface area contributed by atoms with Crippen LogP contribution in [0.1, 0.15) is 104 Å². The number of rotatable bonds is 10. The van der Waals surface area contributed by atoms with E-state index in [1.807, 2.05) is 65.9 Å². The number of nitrogens with one attached hydrogen (secondary N) is 2. The van der Waals surface area contributed by atoms with Crippen LogP contribution in [0.2, 0.25) is 0 Å². The number of amides is 2. The van der Waals surface area contributed by atoms with Gasteiger partial charge in [-0.3, -0.25) is 9.69 Å². The lowest BCUT2D eigenvalue weighted by Gasteiger charge is -2.28. The largest absolute Gasteiger partial charge is 0.444 e. The van der Waals surface area contributed by atoms with Gasteiger partial charge in [0.05, 0.1) is 28.8 Å². The van der Waals surface area contributed by atoms with E-state index in [1.54, 1.807) is 16.8 Å². The lowest BCUT2D eigenvalue weighted by molar-refractivity contribution is 0.0217. The van der Waals surface area contributed by atoms with Gasteiger partial charge in [0.25, 0.3) is 5.56 Å². The Morgan fingerprint density at radius 1 is 0.855 bits per heavy atom. The summed E-state index contributed by atoms with van der Waals surface area (Å²) in [5.74, 6) is 1.71. The Labute approximate surface area is 323 Å². The Morgan fingerprint density at radius 3 is 2.09 bits per heavy atom. The smallest absolute Gasteiger partial charge is 0.410 e. The first-order valence-corrected chi connectivity index (χ1v) is 19.3. The van der Waals surface area contributed by atoms with Crippen molar-refractivity contribution in [1.29, 1.82) is 0 Å². The summed E-state index contributed by atoms with van der Waals surface area (Å²) in [7, 11) is 1.78. The molecule has 0 aliphatic carbocycles. The maximum absolute atomic E-state index is 13.1. The molecule has 290 valence electrons. The second-order valence-corrected chi connectivity index (χ2v) is 16.7. The van der Waals surface area contributed by atoms with Gasteiger partial charge in [-0.15, -0.1) is 0 Å². The molecule has 6 rings (SSSR count). The van der Waals surface area contributed by atoms with Gasteiger partial charge < -0.3 is 24.3 Å². The van der Waals surface area contributed by atoms with Crippen LogP contribution in [0.3, 0.4) is 0 Å². The van der Waals surface area contributed by atoms with E-state index in [0.29, 0.717) is 36.2 Å². The third-order valence-corrected chi connectivity index (χ3v) is 9.82. The highest BCUT2D eigenvalue weighted by Crippen LogP contribution is 2.33. The standard InChI is InChI=1S/C44H54N6O5/c1-28(12-9-10-24-49(8)41(52)54-43(2,3)4)38-45-27-36(47-38)32-20-18-30(19-21-32)29-14-16-31(17-15-29)33-22-23-34-35(26-33)46-39(48-40(34)51)37-13-11-25-50(37)42(53)55-44(5,6)7/h14-23,26-28,37H,9-13,24-25H2,1-8H3,(H,45,47)(H,46,48,51). The molecule has 0 spiro atoms. The molecule has 5 aromatic rings. The van der Waals surface area contributed by atoms with Gasteiger partial charge >= 0.3 is 12.2 Å². The predicted molar refractivity (Wildman–Crippen MR) is 217 cm³/mol. The zero-order valence-electron chi connectivity index (χ0n) is 33.4. The normalized spacial score (nSPS) is 15.3. The average Bonchev–Trinajstić information content (AvgIpc) is 3.83. The van der Waals surface area contributed by atoms with Crippen LogP contribution in [0.5, 0.6) is 0 Å². The Bertz CT molecular complexity index is 2180. The fourth-order valence-electron chi connectivity index (χ4n) is 6.88. The molecular formula is C44H54N6O5. The Morgan fingerprint density at radius 2 is 1.45 bits per heavy atom. The van der Waals surface area contributed by atoms with Crippen molar-refractivity contribution in [2.24, 2.45) is 0 Å². The summed E-state index contributed by atoms with van der Waals surface area (Å²) in [6.07, 6.45) is 5.57. The number of imidazole rings is 1. The maximum atomic E-state index is 13.1. The quantitative estimate of drug-likeness (QED) is 0.136. The third kappa shape index (κ3) is 9.81. The summed E-state index contributed by atoms with van der Waals surface area (Å²) in [5.41, 5.74) is 5.45. The minimum absolute atomic E-state index is 0.223. The Hall–Kier alpha value is -5.45. The number of nitrogens with zero attached hydrogens (tertiary/aromatic N) is 4. The maximum Gasteiger partial charge on any atom is 0.410 e. The molecule has 2 unspecified atom stereocenters. The fourth-order valence-corrected chi connectivity index (χ4v) is 6.88. The van der Waals surface area contributed by atoms with Gasteiger partial charge in [-0.1, -0.05) is 67.9 Å². The van der Waals surface area contributed by atoms with Gasteiger partial charge in [0.15, 0.2) is 0 Å². The van der Waals surface area contributed by atoms with Crippen molar-refractivity contribution < 1.29 is 19.1 Å². The summed E-state index contributed by atoms with van der Waals surface area (Å²) < 4.78 is 11.1. The number of H-pyrrole nitrogens is 2. The van der Waals surface area contributed by atoms with Crippen LogP contribution in [-0.2, 0) is 9.47 Å². The molecule has 2 aromatic heterocycles. The molecule has 0 saturated carbocycles. The summed E-state index contributed by atoms with van der Waals surface area (Å²) >= 11 is 0. The van der Waals surface area contributed by atoms with Crippen molar-refractivity contribution in [2.45, 2.75) is 104 Å². The molecule has 11 heteroatoms. The molecule has 0 bridgehead atoms. The number of carbonyl (C=O) groups is 2. The highest BCUT2D eigenvalue weighted by Gasteiger charge is 2.35. The predicted octanol–water partition coefficient (Wildman–Crippen LogP) is 9.86. The van der Waals surface area contributed by atoms with Crippen LogP contribution >= 0.6 is 0 Å². The van der Waals surface area contributed by atoms with Crippen molar-refractivity contribution >= 4 is 23.1 Å². The molecule has 3 aromatic carbocycles. The molecular weight excluding hydrogens is 693 g/mol. The monoisotopic (exact) mass is 746 g/mol. The lowest BCUT2D eigenvalue weighted by Crippen LogP contribution is -2.37.